The molecule has 7 heteroatoms. The Balaban J connectivity index is 2.94. The topological polar surface area (TPSA) is 38.3 Å². The molecule has 1 aromatic rings. The van der Waals surface area contributed by atoms with E-state index in [9.17, 15) is 18.0 Å². The summed E-state index contributed by atoms with van der Waals surface area (Å²) in [6.07, 6.45) is -4.48. The number of halogens is 4. The molecule has 88 valence electrons. The fourth-order valence-electron chi connectivity index (χ4n) is 0.916. The molecule has 16 heavy (non-hydrogen) atoms. The first-order valence-corrected chi connectivity index (χ1v) is 4.90. The molecular formula is C9H7BrF3NO2. The van der Waals surface area contributed by atoms with Crippen LogP contribution < -0.4 is 10.3 Å². The minimum atomic E-state index is -4.48. The molecule has 0 unspecified atom stereocenters. The number of carbonyl (C=O) groups is 1. The SMILES string of the molecule is CC(=O)NOc1ccc(Br)c(C(F)(F)F)c1. The maximum atomic E-state index is 12.5. The first-order valence-electron chi connectivity index (χ1n) is 4.11. The Bertz CT molecular complexity index is 406. The first-order chi connectivity index (χ1) is 7.30. The summed E-state index contributed by atoms with van der Waals surface area (Å²) in [5.74, 6) is -0.595. The van der Waals surface area contributed by atoms with Crippen LogP contribution in [0.5, 0.6) is 5.75 Å². The second-order valence-corrected chi connectivity index (χ2v) is 3.75. The number of alkyl halides is 3. The van der Waals surface area contributed by atoms with Crippen LogP contribution in [0.15, 0.2) is 22.7 Å². The van der Waals surface area contributed by atoms with Crippen molar-refractivity contribution in [3.8, 4) is 5.75 Å². The Hall–Kier alpha value is -1.24. The highest BCUT2D eigenvalue weighted by Crippen LogP contribution is 2.36. The second-order valence-electron chi connectivity index (χ2n) is 2.90. The van der Waals surface area contributed by atoms with Crippen molar-refractivity contribution in [2.45, 2.75) is 13.1 Å². The number of hydrogen-bond donors (Lipinski definition) is 1. The summed E-state index contributed by atoms with van der Waals surface area (Å²) in [5, 5.41) is 0. The lowest BCUT2D eigenvalue weighted by atomic mass is 10.2. The Kier molecular flexibility index (Phi) is 3.79. The van der Waals surface area contributed by atoms with Crippen molar-refractivity contribution in [2.75, 3.05) is 0 Å². The third kappa shape index (κ3) is 3.41. The Morgan fingerprint density at radius 3 is 2.56 bits per heavy atom. The Labute approximate surface area is 97.7 Å². The Morgan fingerprint density at radius 1 is 1.44 bits per heavy atom. The van der Waals surface area contributed by atoms with Crippen LogP contribution >= 0.6 is 15.9 Å². The van der Waals surface area contributed by atoms with E-state index in [0.717, 1.165) is 6.07 Å². The summed E-state index contributed by atoms with van der Waals surface area (Å²) in [5.41, 5.74) is 1.07. The highest BCUT2D eigenvalue weighted by atomic mass is 79.9. The van der Waals surface area contributed by atoms with Gasteiger partial charge in [-0.1, -0.05) is 15.9 Å². The van der Waals surface area contributed by atoms with Gasteiger partial charge < -0.3 is 4.84 Å². The summed E-state index contributed by atoms with van der Waals surface area (Å²) in [4.78, 5) is 15.1. The predicted molar refractivity (Wildman–Crippen MR) is 53.6 cm³/mol. The van der Waals surface area contributed by atoms with Crippen LogP contribution in [0.25, 0.3) is 0 Å². The highest BCUT2D eigenvalue weighted by molar-refractivity contribution is 9.10. The lowest BCUT2D eigenvalue weighted by molar-refractivity contribution is -0.138. The molecule has 1 aromatic carbocycles. The van der Waals surface area contributed by atoms with Gasteiger partial charge in [0.1, 0.15) is 0 Å². The van der Waals surface area contributed by atoms with Crippen molar-refractivity contribution < 1.29 is 22.8 Å². The van der Waals surface area contributed by atoms with Gasteiger partial charge in [0, 0.05) is 11.4 Å². The normalized spacial score (nSPS) is 11.1. The average Bonchev–Trinajstić information content (AvgIpc) is 2.14. The molecule has 1 amide bonds. The molecule has 0 aliphatic heterocycles. The zero-order valence-electron chi connectivity index (χ0n) is 8.06. The van der Waals surface area contributed by atoms with Gasteiger partial charge in [-0.05, 0) is 18.2 Å². The highest BCUT2D eigenvalue weighted by Gasteiger charge is 2.33. The molecular weight excluding hydrogens is 291 g/mol. The molecule has 0 saturated heterocycles. The van der Waals surface area contributed by atoms with Crippen molar-refractivity contribution in [3.05, 3.63) is 28.2 Å². The van der Waals surface area contributed by atoms with Crippen molar-refractivity contribution in [3.63, 3.8) is 0 Å². The lowest BCUT2D eigenvalue weighted by Gasteiger charge is -2.11. The number of rotatable bonds is 2. The van der Waals surface area contributed by atoms with Crippen molar-refractivity contribution in [2.24, 2.45) is 0 Å². The molecule has 0 aromatic heterocycles. The molecule has 0 heterocycles. The zero-order valence-corrected chi connectivity index (χ0v) is 9.65. The van der Waals surface area contributed by atoms with Crippen LogP contribution in [0.3, 0.4) is 0 Å². The molecule has 0 atom stereocenters. The summed E-state index contributed by atoms with van der Waals surface area (Å²) in [6, 6.07) is 3.29. The average molecular weight is 298 g/mol. The van der Waals surface area contributed by atoms with E-state index < -0.39 is 17.6 Å². The molecule has 0 aliphatic rings. The minimum absolute atomic E-state index is 0.0878. The molecule has 1 rings (SSSR count). The second kappa shape index (κ2) is 4.73. The van der Waals surface area contributed by atoms with E-state index in [1.807, 2.05) is 5.48 Å². The summed E-state index contributed by atoms with van der Waals surface area (Å²) < 4.78 is 37.3. The van der Waals surface area contributed by atoms with Gasteiger partial charge in [-0.25, -0.2) is 0 Å². The molecule has 0 spiro atoms. The standard InChI is InChI=1S/C9H7BrF3NO2/c1-5(15)14-16-6-2-3-8(10)7(4-6)9(11,12)13/h2-4H,1H3,(H,14,15). The molecule has 0 radical (unpaired) electrons. The van der Waals surface area contributed by atoms with Gasteiger partial charge in [-0.2, -0.15) is 18.7 Å². The van der Waals surface area contributed by atoms with E-state index in [0.29, 0.717) is 0 Å². The number of amides is 1. The van der Waals surface area contributed by atoms with Crippen LogP contribution in [0.1, 0.15) is 12.5 Å². The molecule has 3 nitrogen and oxygen atoms in total. The quantitative estimate of drug-likeness (QED) is 0.853. The van der Waals surface area contributed by atoms with Crippen LogP contribution in [0.2, 0.25) is 0 Å². The number of benzene rings is 1. The van der Waals surface area contributed by atoms with Gasteiger partial charge >= 0.3 is 6.18 Å². The molecule has 1 N–H and O–H groups in total. The zero-order chi connectivity index (χ0) is 12.3. The molecule has 0 saturated carbocycles. The summed E-state index contributed by atoms with van der Waals surface area (Å²) >= 11 is 2.78. The minimum Gasteiger partial charge on any atom is -0.380 e. The lowest BCUT2D eigenvalue weighted by Crippen LogP contribution is -2.23. The van der Waals surface area contributed by atoms with Gasteiger partial charge in [0.15, 0.2) is 5.75 Å². The maximum Gasteiger partial charge on any atom is 0.417 e. The van der Waals surface area contributed by atoms with Crippen LogP contribution in [-0.2, 0) is 11.0 Å². The monoisotopic (exact) mass is 297 g/mol. The number of hydrogen-bond acceptors (Lipinski definition) is 2. The maximum absolute atomic E-state index is 12.5. The summed E-state index contributed by atoms with van der Waals surface area (Å²) in [6.45, 7) is 1.18. The third-order valence-electron chi connectivity index (χ3n) is 1.56. The van der Waals surface area contributed by atoms with Crippen LogP contribution in [0.4, 0.5) is 13.2 Å². The van der Waals surface area contributed by atoms with E-state index in [1.54, 1.807) is 0 Å². The van der Waals surface area contributed by atoms with Crippen molar-refractivity contribution in [1.29, 1.82) is 0 Å². The van der Waals surface area contributed by atoms with E-state index in [2.05, 4.69) is 20.8 Å². The van der Waals surface area contributed by atoms with Crippen LogP contribution in [0, 0.1) is 0 Å². The smallest absolute Gasteiger partial charge is 0.380 e. The largest absolute Gasteiger partial charge is 0.417 e. The summed E-state index contributed by atoms with van der Waals surface area (Å²) in [7, 11) is 0. The van der Waals surface area contributed by atoms with E-state index >= 15 is 0 Å². The van der Waals surface area contributed by atoms with Gasteiger partial charge in [0.05, 0.1) is 5.56 Å². The van der Waals surface area contributed by atoms with E-state index in [4.69, 9.17) is 0 Å². The fourth-order valence-corrected chi connectivity index (χ4v) is 1.39. The molecule has 0 bridgehead atoms. The number of nitrogens with one attached hydrogen (secondary N) is 1. The van der Waals surface area contributed by atoms with Crippen molar-refractivity contribution >= 4 is 21.8 Å². The molecule has 0 fully saturated rings. The van der Waals surface area contributed by atoms with Crippen LogP contribution in [-0.4, -0.2) is 5.91 Å². The van der Waals surface area contributed by atoms with Gasteiger partial charge in [0.25, 0.3) is 0 Å². The Morgan fingerprint density at radius 2 is 2.06 bits per heavy atom. The fraction of sp³-hybridized carbons (Fsp3) is 0.222. The van der Waals surface area contributed by atoms with E-state index in [-0.39, 0.29) is 10.2 Å². The van der Waals surface area contributed by atoms with Gasteiger partial charge in [0.2, 0.25) is 5.91 Å². The van der Waals surface area contributed by atoms with Gasteiger partial charge in [-0.3, -0.25) is 4.79 Å². The third-order valence-corrected chi connectivity index (χ3v) is 2.25. The number of hydroxylamine groups is 1. The number of carbonyl (C=O) groups excluding carboxylic acids is 1. The van der Waals surface area contributed by atoms with Gasteiger partial charge in [-0.15, -0.1) is 0 Å². The van der Waals surface area contributed by atoms with Crippen molar-refractivity contribution in [1.82, 2.24) is 5.48 Å². The van der Waals surface area contributed by atoms with E-state index in [1.165, 1.54) is 19.1 Å². The first kappa shape index (κ1) is 12.8. The predicted octanol–water partition coefficient (Wildman–Crippen LogP) is 2.90. The molecule has 0 aliphatic carbocycles.